The molecule has 0 aromatic heterocycles. The molecule has 31 heteroatoms. The van der Waals surface area contributed by atoms with E-state index in [1.165, 1.54) is 46.0 Å². The lowest BCUT2D eigenvalue weighted by Crippen LogP contribution is -2.51. The molecule has 10 atom stereocenters. The molecule has 0 radical (unpaired) electrons. The van der Waals surface area contributed by atoms with Gasteiger partial charge in [-0.3, -0.25) is 0 Å². The van der Waals surface area contributed by atoms with Crippen LogP contribution in [0.5, 0.6) is 34.5 Å². The molecule has 4 aromatic carbocycles. The van der Waals surface area contributed by atoms with Crippen molar-refractivity contribution >= 4 is 54.8 Å². The summed E-state index contributed by atoms with van der Waals surface area (Å²) in [5.41, 5.74) is 1.65. The number of aliphatic hydroxyl groups is 2. The summed E-state index contributed by atoms with van der Waals surface area (Å²) in [7, 11) is -3.81. The van der Waals surface area contributed by atoms with Crippen molar-refractivity contribution in [3.05, 3.63) is 96.1 Å². The van der Waals surface area contributed by atoms with Crippen molar-refractivity contribution in [2.75, 3.05) is 157 Å². The Morgan fingerprint density at radius 3 is 1.42 bits per heavy atom. The molecule has 0 bridgehead atoms. The third-order valence-electron chi connectivity index (χ3n) is 19.0. The second-order valence-electron chi connectivity index (χ2n) is 28.0. The molecule has 6 saturated heterocycles. The number of sulfonamides is 2. The zero-order valence-corrected chi connectivity index (χ0v) is 63.8. The van der Waals surface area contributed by atoms with Gasteiger partial charge in [0.2, 0.25) is 33.6 Å². The molecule has 12 rings (SSSR count). The number of carbonyl (C=O) groups is 2. The summed E-state index contributed by atoms with van der Waals surface area (Å²) >= 11 is 2.30. The molecule has 8 heterocycles. The number of fused-ring (bicyclic) bond motifs is 4. The quantitative estimate of drug-likeness (QED) is 0.0226. The molecule has 28 nitrogen and oxygen atoms in total. The fourth-order valence-corrected chi connectivity index (χ4v) is 16.8. The van der Waals surface area contributed by atoms with Gasteiger partial charge in [0, 0.05) is 102 Å². The van der Waals surface area contributed by atoms with E-state index < -0.39 is 68.7 Å². The lowest BCUT2D eigenvalue weighted by atomic mass is 10.0. The first-order chi connectivity index (χ1) is 49.6. The van der Waals surface area contributed by atoms with Crippen LogP contribution in [0.15, 0.2) is 94.7 Å². The van der Waals surface area contributed by atoms with Gasteiger partial charge in [-0.25, -0.2) is 26.4 Å². The van der Waals surface area contributed by atoms with E-state index in [1.807, 2.05) is 76.2 Å². The van der Waals surface area contributed by atoms with Gasteiger partial charge in [0.1, 0.15) is 23.7 Å². The standard InChI is InChI=1S/C36H52N4O10S.C31H41IN2O10S.C5H12N2/c1-25(2)21-40(51(43,44)28-9-10-32-33(20-28)49-24-48-32)22-31(41)30(37-36(42)50-34-23-47-35-29(34)11-18-46-35)19-26-5-7-27(8-6-26)45-17-4-12-39-15-13-38(3)14-16-39;1-20(2)16-34(45(37,38)23-8-9-27-28(15-23)43-19-42-27)17-26(35)25(14-21-4-6-22(7-5-21)39-12-3-11-32)33-31(36)44-29-18-41-30-24(29)10-13-40-30;1-7-4-2-6-3-5-7/h5-10,20,25,29-31,34-35,41H,4,11-19,21-24H2,1-3H3,(H,37,42);4-9,15,20,24-26,29-30,35H,3,10-14,16-19H2,1-2H3,(H,33,36);6H,2-5H2,1H3/t29-,30-,31+,34+,35+;24-,25-,26+,29+,30+;/m00./s1. The lowest BCUT2D eigenvalue weighted by molar-refractivity contribution is -0.0909. The number of hydrogen-bond acceptors (Lipinski definition) is 24. The van der Waals surface area contributed by atoms with E-state index in [0.717, 1.165) is 98.6 Å². The summed E-state index contributed by atoms with van der Waals surface area (Å²) in [5, 5.41) is 32.2. The minimum absolute atomic E-state index is 0.0160. The van der Waals surface area contributed by atoms with Crippen molar-refractivity contribution in [2.24, 2.45) is 23.7 Å². The molecule has 103 heavy (non-hydrogen) atoms. The number of nitrogens with zero attached hydrogens (tertiary/aromatic N) is 5. The number of alkyl halides is 1. The summed E-state index contributed by atoms with van der Waals surface area (Å²) in [4.78, 5) is 33.6. The number of halogens is 1. The molecule has 0 unspecified atom stereocenters. The maximum atomic E-state index is 14.0. The smallest absolute Gasteiger partial charge is 0.407 e. The molecular weight excluding hydrogens is 1490 g/mol. The van der Waals surface area contributed by atoms with Crippen LogP contribution in [0.4, 0.5) is 9.59 Å². The second-order valence-corrected chi connectivity index (χ2v) is 33.0. The second kappa shape index (κ2) is 38.8. The van der Waals surface area contributed by atoms with Crippen LogP contribution in [0.1, 0.15) is 64.5 Å². The van der Waals surface area contributed by atoms with E-state index >= 15 is 0 Å². The number of aliphatic hydroxyl groups excluding tert-OH is 2. The fourth-order valence-electron chi connectivity index (χ4n) is 13.2. The first kappa shape index (κ1) is 79.9. The van der Waals surface area contributed by atoms with Crippen LogP contribution >= 0.6 is 22.6 Å². The van der Waals surface area contributed by atoms with E-state index in [1.54, 1.807) is 12.1 Å². The van der Waals surface area contributed by atoms with E-state index in [-0.39, 0.29) is 112 Å². The van der Waals surface area contributed by atoms with Crippen molar-refractivity contribution in [3.63, 3.8) is 0 Å². The predicted octanol–water partition coefficient (Wildman–Crippen LogP) is 5.79. The molecule has 4 aromatic rings. The Bertz CT molecular complexity index is 3540. The first-order valence-corrected chi connectivity index (χ1v) is 40.3. The molecule has 572 valence electrons. The highest BCUT2D eigenvalue weighted by Gasteiger charge is 2.46. The van der Waals surface area contributed by atoms with Crippen LogP contribution in [0, 0.1) is 23.7 Å². The summed E-state index contributed by atoms with van der Waals surface area (Å²) in [6.45, 7) is 20.2. The SMILES string of the molecule is CC(C)CN(C[C@@H](O)[C@H](Cc1ccc(OCCCI)cc1)NC(=O)O[C@@H]1CO[C@H]2OCC[C@H]21)S(=O)(=O)c1ccc2c(c1)OCO2.CC(C)CN(C[C@@H](O)[C@H](Cc1ccc(OCCCN2CCN(C)CC2)cc1)NC(=O)O[C@@H]1CO[C@H]2OCC[C@H]21)S(=O)(=O)c1ccc2c(c1)OCO2.CN1CCNCC1. The van der Waals surface area contributed by atoms with E-state index in [0.29, 0.717) is 49.4 Å². The number of rotatable bonds is 31. The molecule has 6 fully saturated rings. The average molecular weight is 1590 g/mol. The molecule has 0 aliphatic carbocycles. The third kappa shape index (κ3) is 23.2. The van der Waals surface area contributed by atoms with Gasteiger partial charge in [0.25, 0.3) is 0 Å². The number of amides is 2. The minimum atomic E-state index is -4.06. The van der Waals surface area contributed by atoms with Crippen molar-refractivity contribution < 1.29 is 93.5 Å². The summed E-state index contributed by atoms with van der Waals surface area (Å²) < 4.78 is 126. The topological polar surface area (TPSA) is 306 Å². The minimum Gasteiger partial charge on any atom is -0.494 e. The Labute approximate surface area is 620 Å². The molecular formula is C72H105IN8O20S2. The Morgan fingerprint density at radius 1 is 0.573 bits per heavy atom. The van der Waals surface area contributed by atoms with Crippen LogP contribution < -0.4 is 44.4 Å². The van der Waals surface area contributed by atoms with Gasteiger partial charge in [-0.2, -0.15) is 8.61 Å². The van der Waals surface area contributed by atoms with Crippen LogP contribution in [0.3, 0.4) is 0 Å². The summed E-state index contributed by atoms with van der Waals surface area (Å²) in [5.74, 6) is 2.89. The van der Waals surface area contributed by atoms with Gasteiger partial charge in [0.05, 0.1) is 85.6 Å². The Balaban J connectivity index is 0.000000203. The zero-order valence-electron chi connectivity index (χ0n) is 60.0. The average Bonchev–Trinajstić information content (AvgIpc) is 1.82. The number of piperazine rings is 2. The lowest BCUT2D eigenvalue weighted by Gasteiger charge is -2.32. The summed E-state index contributed by atoms with van der Waals surface area (Å²) in [6.07, 6.45) is -1.96. The van der Waals surface area contributed by atoms with E-state index in [9.17, 15) is 36.6 Å². The molecule has 0 saturated carbocycles. The Hall–Kier alpha value is -5.63. The number of hydrogen-bond donors (Lipinski definition) is 5. The highest BCUT2D eigenvalue weighted by Crippen LogP contribution is 2.38. The molecule has 0 spiro atoms. The predicted molar refractivity (Wildman–Crippen MR) is 390 cm³/mol. The van der Waals surface area contributed by atoms with Gasteiger partial charge in [0.15, 0.2) is 35.6 Å². The maximum Gasteiger partial charge on any atom is 0.407 e. The fraction of sp³-hybridized carbons (Fsp3) is 0.639. The number of nitrogens with one attached hydrogen (secondary N) is 3. The van der Waals surface area contributed by atoms with Gasteiger partial charge < -0.3 is 97.7 Å². The number of alkyl carbamates (subject to hydrolysis) is 2. The normalized spacial score (nSPS) is 22.9. The van der Waals surface area contributed by atoms with Crippen molar-refractivity contribution in [1.29, 1.82) is 0 Å². The van der Waals surface area contributed by atoms with Gasteiger partial charge in [-0.05, 0) is 124 Å². The molecule has 8 aliphatic heterocycles. The van der Waals surface area contributed by atoms with Gasteiger partial charge in [-0.1, -0.05) is 74.6 Å². The maximum absolute atomic E-state index is 14.0. The van der Waals surface area contributed by atoms with Crippen LogP contribution in [-0.2, 0) is 61.3 Å². The molecule has 8 aliphatic rings. The monoisotopic (exact) mass is 1590 g/mol. The van der Waals surface area contributed by atoms with Gasteiger partial charge >= 0.3 is 12.2 Å². The van der Waals surface area contributed by atoms with Crippen molar-refractivity contribution in [1.82, 2.24) is 39.3 Å². The van der Waals surface area contributed by atoms with Gasteiger partial charge in [-0.15, -0.1) is 0 Å². The summed E-state index contributed by atoms with van der Waals surface area (Å²) in [6, 6.07) is 22.1. The number of likely N-dealkylation sites (N-methyl/N-ethyl adjacent to an activating group) is 2. The van der Waals surface area contributed by atoms with Crippen molar-refractivity contribution in [3.8, 4) is 34.5 Å². The van der Waals surface area contributed by atoms with Crippen LogP contribution in [0.25, 0.3) is 0 Å². The first-order valence-electron chi connectivity index (χ1n) is 35.9. The number of ether oxygens (including phenoxy) is 12. The van der Waals surface area contributed by atoms with E-state index in [4.69, 9.17) is 56.8 Å². The Morgan fingerprint density at radius 2 is 1.00 bits per heavy atom. The van der Waals surface area contributed by atoms with Crippen molar-refractivity contribution in [2.45, 2.75) is 125 Å². The van der Waals surface area contributed by atoms with Crippen LogP contribution in [-0.4, -0.2) is 268 Å². The highest BCUT2D eigenvalue weighted by atomic mass is 127. The third-order valence-corrected chi connectivity index (χ3v) is 23.5. The molecule has 5 N–H and O–H groups in total. The zero-order chi connectivity index (χ0) is 73.0. The Kier molecular flexibility index (Phi) is 30.1. The highest BCUT2D eigenvalue weighted by molar-refractivity contribution is 14.1. The van der Waals surface area contributed by atoms with E-state index in [2.05, 4.69) is 67.3 Å². The largest absolute Gasteiger partial charge is 0.494 e. The number of benzene rings is 4. The number of carbonyl (C=O) groups excluding carboxylic acids is 2. The molecule has 2 amide bonds. The van der Waals surface area contributed by atoms with Crippen LogP contribution in [0.2, 0.25) is 0 Å².